The minimum atomic E-state index is -4.01. The summed E-state index contributed by atoms with van der Waals surface area (Å²) in [6, 6.07) is 9.22. The van der Waals surface area contributed by atoms with Crippen molar-refractivity contribution in [2.75, 3.05) is 6.54 Å². The molecule has 1 aliphatic heterocycles. The van der Waals surface area contributed by atoms with E-state index in [0.29, 0.717) is 13.0 Å². The first kappa shape index (κ1) is 21.3. The molecule has 2 aromatic carbocycles. The van der Waals surface area contributed by atoms with Gasteiger partial charge in [-0.15, -0.1) is 0 Å². The summed E-state index contributed by atoms with van der Waals surface area (Å²) in [4.78, 5) is 14.1. The van der Waals surface area contributed by atoms with Crippen LogP contribution in [-0.4, -0.2) is 29.2 Å². The van der Waals surface area contributed by atoms with Crippen LogP contribution in [0.25, 0.3) is 0 Å². The number of rotatable bonds is 6. The standard InChI is InChI=1S/C20H23F2N2O4P/c1-14(23)20(25)24-13-3-2-4-19(24)29(26,27-17-9-5-15(21)6-10-17)28-18-11-7-16(22)8-12-18/h5-12,14,19H,2-4,13,23H2,1H3/t14-,19-/m0/s1. The van der Waals surface area contributed by atoms with Gasteiger partial charge in [0.2, 0.25) is 5.91 Å². The Bertz CT molecular complexity index is 839. The third-order valence-electron chi connectivity index (χ3n) is 4.60. The maximum absolute atomic E-state index is 13.9. The van der Waals surface area contributed by atoms with Gasteiger partial charge in [0.1, 0.15) is 23.1 Å². The van der Waals surface area contributed by atoms with Crippen LogP contribution in [-0.2, 0) is 9.36 Å². The van der Waals surface area contributed by atoms with Gasteiger partial charge in [-0.05, 0) is 74.7 Å². The number of piperidine rings is 1. The number of amides is 1. The molecule has 1 fully saturated rings. The summed E-state index contributed by atoms with van der Waals surface area (Å²) in [6.07, 6.45) is 1.84. The van der Waals surface area contributed by atoms with E-state index in [0.717, 1.165) is 12.8 Å². The normalized spacial score (nSPS) is 18.2. The molecule has 6 nitrogen and oxygen atoms in total. The second kappa shape index (κ2) is 8.93. The average Bonchev–Trinajstić information content (AvgIpc) is 2.71. The molecule has 29 heavy (non-hydrogen) atoms. The summed E-state index contributed by atoms with van der Waals surface area (Å²) in [7, 11) is -4.01. The molecule has 0 unspecified atom stereocenters. The molecule has 1 heterocycles. The first-order chi connectivity index (χ1) is 13.8. The van der Waals surface area contributed by atoms with Gasteiger partial charge in [0.05, 0.1) is 6.04 Å². The van der Waals surface area contributed by atoms with Gasteiger partial charge in [0.15, 0.2) is 5.78 Å². The fraction of sp³-hybridized carbons (Fsp3) is 0.350. The molecule has 0 aliphatic carbocycles. The molecule has 2 aromatic rings. The van der Waals surface area contributed by atoms with Crippen LogP contribution >= 0.6 is 7.60 Å². The highest BCUT2D eigenvalue weighted by atomic mass is 31.2. The number of benzene rings is 2. The number of hydrogen-bond acceptors (Lipinski definition) is 5. The van der Waals surface area contributed by atoms with Crippen LogP contribution in [0.1, 0.15) is 26.2 Å². The van der Waals surface area contributed by atoms with Crippen molar-refractivity contribution >= 4 is 13.5 Å². The van der Waals surface area contributed by atoms with Crippen molar-refractivity contribution in [1.29, 1.82) is 0 Å². The van der Waals surface area contributed by atoms with Gasteiger partial charge in [-0.2, -0.15) is 0 Å². The van der Waals surface area contributed by atoms with Gasteiger partial charge in [-0.25, -0.2) is 13.3 Å². The quantitative estimate of drug-likeness (QED) is 0.700. The van der Waals surface area contributed by atoms with E-state index in [1.165, 1.54) is 53.4 Å². The number of hydrogen-bond donors (Lipinski definition) is 1. The molecule has 0 aromatic heterocycles. The molecule has 3 rings (SSSR count). The van der Waals surface area contributed by atoms with Crippen LogP contribution in [0.4, 0.5) is 8.78 Å². The van der Waals surface area contributed by atoms with E-state index >= 15 is 0 Å². The van der Waals surface area contributed by atoms with E-state index in [-0.39, 0.29) is 17.4 Å². The van der Waals surface area contributed by atoms with Crippen molar-refractivity contribution in [3.63, 3.8) is 0 Å². The topological polar surface area (TPSA) is 81.9 Å². The second-order valence-electron chi connectivity index (χ2n) is 6.93. The lowest BCUT2D eigenvalue weighted by Crippen LogP contribution is -2.50. The van der Waals surface area contributed by atoms with Gasteiger partial charge in [-0.1, -0.05) is 0 Å². The van der Waals surface area contributed by atoms with E-state index in [1.54, 1.807) is 6.92 Å². The summed E-state index contributed by atoms with van der Waals surface area (Å²) in [5, 5.41) is 0. The molecule has 1 saturated heterocycles. The molecule has 1 amide bonds. The highest BCUT2D eigenvalue weighted by molar-refractivity contribution is 7.55. The van der Waals surface area contributed by atoms with Crippen LogP contribution in [0.3, 0.4) is 0 Å². The fourth-order valence-corrected chi connectivity index (χ4v) is 5.37. The zero-order valence-electron chi connectivity index (χ0n) is 16.0. The number of carbonyl (C=O) groups excluding carboxylic acids is 1. The second-order valence-corrected chi connectivity index (χ2v) is 8.97. The third kappa shape index (κ3) is 5.14. The Morgan fingerprint density at radius 2 is 1.52 bits per heavy atom. The molecule has 0 bridgehead atoms. The Kier molecular flexibility index (Phi) is 6.55. The van der Waals surface area contributed by atoms with Crippen molar-refractivity contribution in [2.24, 2.45) is 5.73 Å². The van der Waals surface area contributed by atoms with Crippen LogP contribution < -0.4 is 14.8 Å². The Labute approximate surface area is 168 Å². The van der Waals surface area contributed by atoms with Gasteiger partial charge in [0, 0.05) is 6.54 Å². The van der Waals surface area contributed by atoms with Crippen molar-refractivity contribution in [2.45, 2.75) is 38.0 Å². The zero-order valence-corrected chi connectivity index (χ0v) is 16.9. The molecule has 2 atom stereocenters. The average molecular weight is 424 g/mol. The van der Waals surface area contributed by atoms with E-state index in [9.17, 15) is 18.1 Å². The van der Waals surface area contributed by atoms with Gasteiger partial charge >= 0.3 is 7.60 Å². The first-order valence-electron chi connectivity index (χ1n) is 9.34. The van der Waals surface area contributed by atoms with Gasteiger partial charge < -0.3 is 19.7 Å². The monoisotopic (exact) mass is 424 g/mol. The van der Waals surface area contributed by atoms with E-state index in [4.69, 9.17) is 14.8 Å². The van der Waals surface area contributed by atoms with Gasteiger partial charge in [0.25, 0.3) is 0 Å². The van der Waals surface area contributed by atoms with Crippen LogP contribution in [0.15, 0.2) is 48.5 Å². The Hall–Kier alpha value is -2.44. The molecule has 2 N–H and O–H groups in total. The Morgan fingerprint density at radius 1 is 1.03 bits per heavy atom. The third-order valence-corrected chi connectivity index (χ3v) is 6.80. The zero-order chi connectivity index (χ0) is 21.0. The number of nitrogens with two attached hydrogens (primary N) is 1. The summed E-state index contributed by atoms with van der Waals surface area (Å²) >= 11 is 0. The predicted octanol–water partition coefficient (Wildman–Crippen LogP) is 4.30. The fourth-order valence-electron chi connectivity index (χ4n) is 3.19. The van der Waals surface area contributed by atoms with Crippen LogP contribution in [0.5, 0.6) is 11.5 Å². The van der Waals surface area contributed by atoms with Crippen LogP contribution in [0, 0.1) is 11.6 Å². The molecule has 9 heteroatoms. The lowest BCUT2D eigenvalue weighted by Gasteiger charge is -2.39. The summed E-state index contributed by atoms with van der Waals surface area (Å²) in [5.41, 5.74) is 5.76. The van der Waals surface area contributed by atoms with Crippen molar-refractivity contribution in [3.05, 3.63) is 60.2 Å². The van der Waals surface area contributed by atoms with Crippen molar-refractivity contribution in [1.82, 2.24) is 4.90 Å². The molecule has 156 valence electrons. The molecular formula is C20H23F2N2O4P. The van der Waals surface area contributed by atoms with E-state index < -0.39 is 31.1 Å². The summed E-state index contributed by atoms with van der Waals surface area (Å²) in [6.45, 7) is 1.93. The molecular weight excluding hydrogens is 401 g/mol. The lowest BCUT2D eigenvalue weighted by molar-refractivity contribution is -0.134. The number of halogens is 2. The number of carbonyl (C=O) groups is 1. The number of likely N-dealkylation sites (tertiary alicyclic amines) is 1. The first-order valence-corrected chi connectivity index (χ1v) is 11.0. The highest BCUT2D eigenvalue weighted by Crippen LogP contribution is 2.56. The minimum Gasteiger partial charge on any atom is -0.415 e. The smallest absolute Gasteiger partial charge is 0.415 e. The SMILES string of the molecule is C[C@H](N)C(=O)N1CCCC[C@@H]1P(=O)(Oc1ccc(F)cc1)Oc1ccc(F)cc1. The van der Waals surface area contributed by atoms with Gasteiger partial charge in [-0.3, -0.25) is 4.79 Å². The maximum atomic E-state index is 13.9. The largest absolute Gasteiger partial charge is 0.453 e. The number of nitrogens with zero attached hydrogens (tertiary/aromatic N) is 1. The van der Waals surface area contributed by atoms with Crippen molar-refractivity contribution < 1.29 is 27.2 Å². The van der Waals surface area contributed by atoms with E-state index in [2.05, 4.69) is 0 Å². The minimum absolute atomic E-state index is 0.135. The lowest BCUT2D eigenvalue weighted by atomic mass is 10.1. The van der Waals surface area contributed by atoms with E-state index in [1.807, 2.05) is 0 Å². The molecule has 0 spiro atoms. The Balaban J connectivity index is 1.97. The maximum Gasteiger partial charge on any atom is 0.453 e. The predicted molar refractivity (Wildman–Crippen MR) is 105 cm³/mol. The highest BCUT2D eigenvalue weighted by Gasteiger charge is 2.46. The summed E-state index contributed by atoms with van der Waals surface area (Å²) in [5.74, 6) is -1.91. The molecule has 0 saturated carbocycles. The van der Waals surface area contributed by atoms with Crippen molar-refractivity contribution in [3.8, 4) is 11.5 Å². The van der Waals surface area contributed by atoms with Crippen LogP contribution in [0.2, 0.25) is 0 Å². The molecule has 0 radical (unpaired) electrons. The molecule has 1 aliphatic rings. The Morgan fingerprint density at radius 3 is 1.97 bits per heavy atom. The summed E-state index contributed by atoms with van der Waals surface area (Å²) < 4.78 is 51.9.